The van der Waals surface area contributed by atoms with Crippen LogP contribution in [0.5, 0.6) is 0 Å². The quantitative estimate of drug-likeness (QED) is 0.686. The van der Waals surface area contributed by atoms with Gasteiger partial charge < -0.3 is 10.4 Å². The third-order valence-electron chi connectivity index (χ3n) is 3.61. The summed E-state index contributed by atoms with van der Waals surface area (Å²) in [6.07, 6.45) is 2.88. The molecule has 21 heavy (non-hydrogen) atoms. The zero-order valence-electron chi connectivity index (χ0n) is 12.9. The number of hydrogen-bond donors (Lipinski definition) is 2. The van der Waals surface area contributed by atoms with E-state index in [1.54, 1.807) is 0 Å². The molecule has 0 bridgehead atoms. The molecule has 1 unspecified atom stereocenters. The first-order valence-corrected chi connectivity index (χ1v) is 7.58. The van der Waals surface area contributed by atoms with Crippen molar-refractivity contribution < 1.29 is 14.7 Å². The van der Waals surface area contributed by atoms with Crippen molar-refractivity contribution in [2.45, 2.75) is 51.9 Å². The van der Waals surface area contributed by atoms with Gasteiger partial charge in [0.05, 0.1) is 0 Å². The first-order chi connectivity index (χ1) is 10.0. The molecule has 1 aromatic rings. The highest BCUT2D eigenvalue weighted by atomic mass is 16.4. The van der Waals surface area contributed by atoms with Gasteiger partial charge in [-0.25, -0.2) is 0 Å². The number of rotatable bonds is 9. The molecule has 4 heteroatoms. The zero-order chi connectivity index (χ0) is 15.7. The first kappa shape index (κ1) is 17.2. The van der Waals surface area contributed by atoms with E-state index in [9.17, 15) is 9.59 Å². The van der Waals surface area contributed by atoms with Crippen molar-refractivity contribution in [2.24, 2.45) is 0 Å². The predicted molar refractivity (Wildman–Crippen MR) is 83.3 cm³/mol. The van der Waals surface area contributed by atoms with E-state index < -0.39 is 5.97 Å². The third-order valence-corrected chi connectivity index (χ3v) is 3.61. The van der Waals surface area contributed by atoms with Crippen molar-refractivity contribution in [3.05, 3.63) is 35.4 Å². The van der Waals surface area contributed by atoms with E-state index in [0.29, 0.717) is 25.8 Å². The average Bonchev–Trinajstić information content (AvgIpc) is 2.45. The number of carboxylic acid groups (broad SMARTS) is 1. The Hall–Kier alpha value is -1.84. The molecular formula is C17H25NO3. The van der Waals surface area contributed by atoms with Crippen molar-refractivity contribution in [3.63, 3.8) is 0 Å². The zero-order valence-corrected chi connectivity index (χ0v) is 12.9. The van der Waals surface area contributed by atoms with Crippen LogP contribution in [0.1, 0.15) is 56.1 Å². The molecule has 116 valence electrons. The topological polar surface area (TPSA) is 66.4 Å². The fourth-order valence-electron chi connectivity index (χ4n) is 2.26. The number of aliphatic carboxylic acids is 1. The largest absolute Gasteiger partial charge is 0.481 e. The summed E-state index contributed by atoms with van der Waals surface area (Å²) < 4.78 is 0. The van der Waals surface area contributed by atoms with Crippen molar-refractivity contribution in [3.8, 4) is 0 Å². The third kappa shape index (κ3) is 6.93. The number of carbonyl (C=O) groups is 2. The molecule has 0 aliphatic heterocycles. The second-order valence-electron chi connectivity index (χ2n) is 5.42. The Morgan fingerprint density at radius 1 is 1.19 bits per heavy atom. The second-order valence-corrected chi connectivity index (χ2v) is 5.42. The molecule has 0 radical (unpaired) electrons. The smallest absolute Gasteiger partial charge is 0.303 e. The molecule has 0 aromatic heterocycles. The highest BCUT2D eigenvalue weighted by Gasteiger charge is 2.13. The molecule has 1 rings (SSSR count). The molecule has 0 heterocycles. The SMILES string of the molecule is CCC(CC(=O)NCCCCC(=O)O)c1ccc(C)cc1. The van der Waals surface area contributed by atoms with Gasteiger partial charge in [-0.1, -0.05) is 36.8 Å². The lowest BCUT2D eigenvalue weighted by Gasteiger charge is -2.15. The lowest BCUT2D eigenvalue weighted by molar-refractivity contribution is -0.137. The summed E-state index contributed by atoms with van der Waals surface area (Å²) in [7, 11) is 0. The van der Waals surface area contributed by atoms with Gasteiger partial charge in [0.1, 0.15) is 0 Å². The van der Waals surface area contributed by atoms with Crippen LogP contribution in [-0.4, -0.2) is 23.5 Å². The van der Waals surface area contributed by atoms with Gasteiger partial charge in [-0.2, -0.15) is 0 Å². The number of carbonyl (C=O) groups excluding carboxylic acids is 1. The Morgan fingerprint density at radius 2 is 1.86 bits per heavy atom. The summed E-state index contributed by atoms with van der Waals surface area (Å²) >= 11 is 0. The number of aryl methyl sites for hydroxylation is 1. The van der Waals surface area contributed by atoms with Crippen LogP contribution in [-0.2, 0) is 9.59 Å². The van der Waals surface area contributed by atoms with Crippen molar-refractivity contribution >= 4 is 11.9 Å². The maximum Gasteiger partial charge on any atom is 0.303 e. The average molecular weight is 291 g/mol. The molecular weight excluding hydrogens is 266 g/mol. The minimum absolute atomic E-state index is 0.0396. The monoisotopic (exact) mass is 291 g/mol. The maximum atomic E-state index is 11.9. The van der Waals surface area contributed by atoms with Crippen LogP contribution >= 0.6 is 0 Å². The minimum atomic E-state index is -0.785. The second kappa shape index (κ2) is 9.16. The molecule has 1 atom stereocenters. The Kier molecular flexibility index (Phi) is 7.51. The molecule has 0 saturated heterocycles. The summed E-state index contributed by atoms with van der Waals surface area (Å²) in [5, 5.41) is 11.4. The van der Waals surface area contributed by atoms with Crippen LogP contribution in [0.25, 0.3) is 0 Å². The summed E-state index contributed by atoms with van der Waals surface area (Å²) in [6, 6.07) is 8.32. The molecule has 4 nitrogen and oxygen atoms in total. The van der Waals surface area contributed by atoms with E-state index in [4.69, 9.17) is 5.11 Å². The highest BCUT2D eigenvalue weighted by molar-refractivity contribution is 5.76. The van der Waals surface area contributed by atoms with Gasteiger partial charge in [-0.05, 0) is 37.7 Å². The van der Waals surface area contributed by atoms with Gasteiger partial charge in [0.25, 0.3) is 0 Å². The number of carboxylic acids is 1. The van der Waals surface area contributed by atoms with Gasteiger partial charge >= 0.3 is 5.97 Å². The Balaban J connectivity index is 2.34. The van der Waals surface area contributed by atoms with Gasteiger partial charge in [0.15, 0.2) is 0 Å². The molecule has 0 spiro atoms. The van der Waals surface area contributed by atoms with Crippen LogP contribution in [0.4, 0.5) is 0 Å². The van der Waals surface area contributed by atoms with Gasteiger partial charge in [0.2, 0.25) is 5.91 Å². The van der Waals surface area contributed by atoms with Crippen LogP contribution in [0.3, 0.4) is 0 Å². The Morgan fingerprint density at radius 3 is 2.43 bits per heavy atom. The minimum Gasteiger partial charge on any atom is -0.481 e. The highest BCUT2D eigenvalue weighted by Crippen LogP contribution is 2.23. The molecule has 1 aromatic carbocycles. The fourth-order valence-corrected chi connectivity index (χ4v) is 2.26. The number of hydrogen-bond acceptors (Lipinski definition) is 2. The van der Waals surface area contributed by atoms with Gasteiger partial charge in [-0.15, -0.1) is 0 Å². The van der Waals surface area contributed by atoms with E-state index in [1.807, 2.05) is 0 Å². The van der Waals surface area contributed by atoms with Gasteiger partial charge in [-0.3, -0.25) is 9.59 Å². The molecule has 0 saturated carbocycles. The lowest BCUT2D eigenvalue weighted by atomic mass is 9.92. The first-order valence-electron chi connectivity index (χ1n) is 7.58. The molecule has 0 aliphatic rings. The molecule has 1 amide bonds. The van der Waals surface area contributed by atoms with E-state index in [2.05, 4.69) is 43.4 Å². The Labute approximate surface area is 126 Å². The molecule has 2 N–H and O–H groups in total. The van der Waals surface area contributed by atoms with E-state index in [1.165, 1.54) is 11.1 Å². The van der Waals surface area contributed by atoms with Crippen LogP contribution in [0.2, 0.25) is 0 Å². The molecule has 0 aliphatic carbocycles. The van der Waals surface area contributed by atoms with Crippen LogP contribution in [0.15, 0.2) is 24.3 Å². The number of amides is 1. The van der Waals surface area contributed by atoms with Crippen LogP contribution in [0, 0.1) is 6.92 Å². The van der Waals surface area contributed by atoms with Crippen molar-refractivity contribution in [1.29, 1.82) is 0 Å². The lowest BCUT2D eigenvalue weighted by Crippen LogP contribution is -2.26. The van der Waals surface area contributed by atoms with E-state index in [0.717, 1.165) is 6.42 Å². The summed E-state index contributed by atoms with van der Waals surface area (Å²) in [5.74, 6) is -0.505. The summed E-state index contributed by atoms with van der Waals surface area (Å²) in [5.41, 5.74) is 2.42. The standard InChI is InChI=1S/C17H25NO3/c1-3-14(15-9-7-13(2)8-10-15)12-16(19)18-11-5-4-6-17(20)21/h7-10,14H,3-6,11-12H2,1-2H3,(H,18,19)(H,20,21). The number of benzene rings is 1. The summed E-state index contributed by atoms with van der Waals surface area (Å²) in [6.45, 7) is 4.69. The maximum absolute atomic E-state index is 11.9. The number of unbranched alkanes of at least 4 members (excludes halogenated alkanes) is 1. The molecule has 0 fully saturated rings. The Bertz CT molecular complexity index is 454. The van der Waals surface area contributed by atoms with E-state index in [-0.39, 0.29) is 18.2 Å². The normalized spacial score (nSPS) is 11.9. The van der Waals surface area contributed by atoms with E-state index >= 15 is 0 Å². The van der Waals surface area contributed by atoms with Crippen LogP contribution < -0.4 is 5.32 Å². The predicted octanol–water partition coefficient (Wildman–Crippen LogP) is 3.25. The van der Waals surface area contributed by atoms with Crippen molar-refractivity contribution in [2.75, 3.05) is 6.54 Å². The van der Waals surface area contributed by atoms with Crippen molar-refractivity contribution in [1.82, 2.24) is 5.32 Å². The summed E-state index contributed by atoms with van der Waals surface area (Å²) in [4.78, 5) is 22.3. The fraction of sp³-hybridized carbons (Fsp3) is 0.529. The van der Waals surface area contributed by atoms with Gasteiger partial charge in [0, 0.05) is 19.4 Å². The number of nitrogens with one attached hydrogen (secondary N) is 1.